The van der Waals surface area contributed by atoms with Crippen LogP contribution in [-0.4, -0.2) is 9.55 Å². The van der Waals surface area contributed by atoms with E-state index in [-0.39, 0.29) is 0 Å². The Hall–Kier alpha value is -1.52. The highest BCUT2D eigenvalue weighted by Crippen LogP contribution is 2.34. The van der Waals surface area contributed by atoms with Crippen LogP contribution in [0.15, 0.2) is 40.9 Å². The van der Waals surface area contributed by atoms with E-state index in [9.17, 15) is 0 Å². The molecule has 3 nitrogen and oxygen atoms in total. The quantitative estimate of drug-likeness (QED) is 0.676. The van der Waals surface area contributed by atoms with Crippen molar-refractivity contribution in [1.29, 1.82) is 0 Å². The molecular weight excluding hydrogens is 326 g/mol. The number of fused-ring (bicyclic) bond motifs is 1. The maximum absolute atomic E-state index is 6.23. The Kier molecular flexibility index (Phi) is 2.99. The van der Waals surface area contributed by atoms with Gasteiger partial charge in [0.05, 0.1) is 21.7 Å². The predicted octanol–water partition coefficient (Wildman–Crippen LogP) is 4.24. The zero-order valence-electron chi connectivity index (χ0n) is 10.2. The Labute approximate surface area is 124 Å². The van der Waals surface area contributed by atoms with E-state index in [2.05, 4.69) is 20.9 Å². The van der Waals surface area contributed by atoms with E-state index in [0.29, 0.717) is 10.7 Å². The van der Waals surface area contributed by atoms with Crippen molar-refractivity contribution in [2.24, 2.45) is 7.05 Å². The fourth-order valence-corrected chi connectivity index (χ4v) is 2.86. The lowest BCUT2D eigenvalue weighted by Crippen LogP contribution is -1.97. The summed E-state index contributed by atoms with van der Waals surface area (Å²) in [7, 11) is 1.94. The van der Waals surface area contributed by atoms with Gasteiger partial charge in [0.15, 0.2) is 0 Å². The fraction of sp³-hybridized carbons (Fsp3) is 0.0714. The summed E-state index contributed by atoms with van der Waals surface area (Å²) in [4.78, 5) is 4.62. The van der Waals surface area contributed by atoms with Gasteiger partial charge in [-0.1, -0.05) is 23.7 Å². The first-order valence-corrected chi connectivity index (χ1v) is 6.92. The molecule has 0 saturated heterocycles. The van der Waals surface area contributed by atoms with E-state index in [1.165, 1.54) is 0 Å². The Morgan fingerprint density at radius 3 is 2.68 bits per heavy atom. The van der Waals surface area contributed by atoms with E-state index in [0.717, 1.165) is 26.9 Å². The van der Waals surface area contributed by atoms with Gasteiger partial charge in [0.25, 0.3) is 0 Å². The molecule has 2 N–H and O–H groups in total. The summed E-state index contributed by atoms with van der Waals surface area (Å²) in [5, 5.41) is 0.687. The average Bonchev–Trinajstić information content (AvgIpc) is 2.72. The summed E-state index contributed by atoms with van der Waals surface area (Å²) in [5.41, 5.74) is 9.46. The summed E-state index contributed by atoms with van der Waals surface area (Å²) in [5.74, 6) is 0.807. The third-order valence-electron chi connectivity index (χ3n) is 3.14. The van der Waals surface area contributed by atoms with E-state index >= 15 is 0 Å². The molecule has 0 saturated carbocycles. The predicted molar refractivity (Wildman–Crippen MR) is 83.3 cm³/mol. The molecule has 1 aromatic heterocycles. The molecule has 5 heteroatoms. The van der Waals surface area contributed by atoms with Crippen LogP contribution in [0.2, 0.25) is 5.02 Å². The fourth-order valence-electron chi connectivity index (χ4n) is 2.19. The van der Waals surface area contributed by atoms with Gasteiger partial charge in [-0.25, -0.2) is 4.98 Å². The van der Waals surface area contributed by atoms with Crippen molar-refractivity contribution in [2.75, 3.05) is 5.73 Å². The van der Waals surface area contributed by atoms with Crippen LogP contribution in [0.5, 0.6) is 0 Å². The molecule has 0 spiro atoms. The van der Waals surface area contributed by atoms with Crippen molar-refractivity contribution < 1.29 is 0 Å². The third kappa shape index (κ3) is 1.91. The minimum Gasteiger partial charge on any atom is -0.397 e. The second kappa shape index (κ2) is 4.54. The molecule has 0 aliphatic rings. The van der Waals surface area contributed by atoms with Crippen LogP contribution < -0.4 is 5.73 Å². The standard InChI is InChI=1S/C14H11BrClN3/c1-19-13-10(16)6-3-7-11(13)18-14(19)8-4-2-5-9(15)12(8)17/h2-7H,17H2,1H3. The highest BCUT2D eigenvalue weighted by atomic mass is 79.9. The third-order valence-corrected chi connectivity index (χ3v) is 4.14. The van der Waals surface area contributed by atoms with Crippen LogP contribution >= 0.6 is 27.5 Å². The molecule has 2 aromatic carbocycles. The number of para-hydroxylation sites is 2. The SMILES string of the molecule is Cn1c(-c2cccc(Br)c2N)nc2cccc(Cl)c21. The van der Waals surface area contributed by atoms with Crippen LogP contribution in [0.4, 0.5) is 5.69 Å². The number of nitrogens with two attached hydrogens (primary N) is 1. The molecular formula is C14H11BrClN3. The number of aromatic nitrogens is 2. The molecule has 0 unspecified atom stereocenters. The molecule has 96 valence electrons. The molecule has 19 heavy (non-hydrogen) atoms. The minimum absolute atomic E-state index is 0.678. The number of hydrogen-bond donors (Lipinski definition) is 1. The normalized spacial score (nSPS) is 11.1. The molecule has 0 radical (unpaired) electrons. The highest BCUT2D eigenvalue weighted by Gasteiger charge is 2.14. The van der Waals surface area contributed by atoms with Crippen molar-refractivity contribution >= 4 is 44.3 Å². The number of hydrogen-bond acceptors (Lipinski definition) is 2. The first-order chi connectivity index (χ1) is 9.09. The van der Waals surface area contributed by atoms with Crippen molar-refractivity contribution in [1.82, 2.24) is 9.55 Å². The summed E-state index contributed by atoms with van der Waals surface area (Å²) >= 11 is 9.67. The smallest absolute Gasteiger partial charge is 0.143 e. The zero-order valence-corrected chi connectivity index (χ0v) is 12.5. The van der Waals surface area contributed by atoms with Crippen LogP contribution in [0, 0.1) is 0 Å². The molecule has 0 atom stereocenters. The van der Waals surface area contributed by atoms with Gasteiger partial charge < -0.3 is 10.3 Å². The van der Waals surface area contributed by atoms with E-state index in [1.807, 2.05) is 48.0 Å². The van der Waals surface area contributed by atoms with Crippen molar-refractivity contribution in [3.05, 3.63) is 45.9 Å². The zero-order chi connectivity index (χ0) is 13.6. The number of aryl methyl sites for hydroxylation is 1. The molecule has 3 aromatic rings. The Morgan fingerprint density at radius 1 is 1.21 bits per heavy atom. The lowest BCUT2D eigenvalue weighted by molar-refractivity contribution is 0.960. The van der Waals surface area contributed by atoms with Crippen molar-refractivity contribution in [2.45, 2.75) is 0 Å². The molecule has 0 fully saturated rings. The molecule has 1 heterocycles. The minimum atomic E-state index is 0.678. The maximum atomic E-state index is 6.23. The summed E-state index contributed by atoms with van der Waals surface area (Å²) in [6, 6.07) is 11.5. The molecule has 0 bridgehead atoms. The molecule has 3 rings (SSSR count). The largest absolute Gasteiger partial charge is 0.397 e. The van der Waals surface area contributed by atoms with Gasteiger partial charge in [0, 0.05) is 17.1 Å². The molecule has 0 aliphatic carbocycles. The average molecular weight is 337 g/mol. The van der Waals surface area contributed by atoms with Gasteiger partial charge in [0.2, 0.25) is 0 Å². The number of anilines is 1. The first-order valence-electron chi connectivity index (χ1n) is 5.75. The number of halogens is 2. The van der Waals surface area contributed by atoms with E-state index < -0.39 is 0 Å². The summed E-state index contributed by atoms with van der Waals surface area (Å²) < 4.78 is 2.83. The summed E-state index contributed by atoms with van der Waals surface area (Å²) in [6.07, 6.45) is 0. The number of imidazole rings is 1. The van der Waals surface area contributed by atoms with Gasteiger partial charge in [0.1, 0.15) is 5.82 Å². The van der Waals surface area contributed by atoms with Gasteiger partial charge in [-0.15, -0.1) is 0 Å². The van der Waals surface area contributed by atoms with Crippen LogP contribution in [-0.2, 0) is 7.05 Å². The Morgan fingerprint density at radius 2 is 1.95 bits per heavy atom. The Bertz CT molecular complexity index is 780. The number of benzene rings is 2. The second-order valence-corrected chi connectivity index (χ2v) is 5.56. The van der Waals surface area contributed by atoms with Gasteiger partial charge in [-0.3, -0.25) is 0 Å². The topological polar surface area (TPSA) is 43.8 Å². The van der Waals surface area contributed by atoms with Crippen molar-refractivity contribution in [3.63, 3.8) is 0 Å². The number of nitrogens with zero attached hydrogens (tertiary/aromatic N) is 2. The van der Waals surface area contributed by atoms with Crippen LogP contribution in [0.3, 0.4) is 0 Å². The molecule has 0 aliphatic heterocycles. The number of nitrogen functional groups attached to an aromatic ring is 1. The van der Waals surface area contributed by atoms with Crippen LogP contribution in [0.25, 0.3) is 22.4 Å². The second-order valence-electron chi connectivity index (χ2n) is 4.30. The van der Waals surface area contributed by atoms with E-state index in [1.54, 1.807) is 0 Å². The molecule has 0 amide bonds. The maximum Gasteiger partial charge on any atom is 0.143 e. The van der Waals surface area contributed by atoms with Crippen LogP contribution in [0.1, 0.15) is 0 Å². The monoisotopic (exact) mass is 335 g/mol. The lowest BCUT2D eigenvalue weighted by Gasteiger charge is -2.07. The van der Waals surface area contributed by atoms with Gasteiger partial charge >= 0.3 is 0 Å². The van der Waals surface area contributed by atoms with Crippen molar-refractivity contribution in [3.8, 4) is 11.4 Å². The first kappa shape index (κ1) is 12.5. The van der Waals surface area contributed by atoms with E-state index in [4.69, 9.17) is 17.3 Å². The van der Waals surface area contributed by atoms with Gasteiger partial charge in [-0.05, 0) is 40.2 Å². The Balaban J connectivity index is 2.35. The lowest BCUT2D eigenvalue weighted by atomic mass is 10.1. The van der Waals surface area contributed by atoms with Gasteiger partial charge in [-0.2, -0.15) is 0 Å². The highest BCUT2D eigenvalue weighted by molar-refractivity contribution is 9.10. The summed E-state index contributed by atoms with van der Waals surface area (Å²) in [6.45, 7) is 0. The number of rotatable bonds is 1.